The second kappa shape index (κ2) is 8.69. The number of halogens is 1. The zero-order valence-corrected chi connectivity index (χ0v) is 17.1. The van der Waals surface area contributed by atoms with Gasteiger partial charge >= 0.3 is 0 Å². The van der Waals surface area contributed by atoms with Gasteiger partial charge in [-0.15, -0.1) is 0 Å². The van der Waals surface area contributed by atoms with E-state index in [1.54, 1.807) is 14.2 Å². The maximum atomic E-state index is 12.6. The molecule has 5 nitrogen and oxygen atoms in total. The van der Waals surface area contributed by atoms with Crippen LogP contribution >= 0.6 is 22.9 Å². The van der Waals surface area contributed by atoms with Crippen molar-refractivity contribution in [1.82, 2.24) is 4.57 Å². The predicted molar refractivity (Wildman–Crippen MR) is 109 cm³/mol. The van der Waals surface area contributed by atoms with Crippen LogP contribution in [0.4, 0.5) is 0 Å². The molecule has 1 heterocycles. The highest BCUT2D eigenvalue weighted by atomic mass is 35.5. The van der Waals surface area contributed by atoms with Crippen molar-refractivity contribution in [2.45, 2.75) is 19.9 Å². The van der Waals surface area contributed by atoms with Crippen LogP contribution in [0, 0.1) is 6.92 Å². The van der Waals surface area contributed by atoms with Crippen LogP contribution in [0.25, 0.3) is 10.2 Å². The highest BCUT2D eigenvalue weighted by Gasteiger charge is 2.10. The normalized spacial score (nSPS) is 11.9. The van der Waals surface area contributed by atoms with Crippen molar-refractivity contribution >= 4 is 39.1 Å². The molecule has 0 N–H and O–H groups in total. The van der Waals surface area contributed by atoms with Crippen LogP contribution in [0.3, 0.4) is 0 Å². The Balaban J connectivity index is 1.93. The molecule has 142 valence electrons. The number of hydrogen-bond acceptors (Lipinski definition) is 4. The predicted octanol–water partition coefficient (Wildman–Crippen LogP) is 3.99. The molecule has 0 radical (unpaired) electrons. The highest BCUT2D eigenvalue weighted by Crippen LogP contribution is 2.22. The number of benzene rings is 2. The first-order valence-corrected chi connectivity index (χ1v) is 9.70. The smallest absolute Gasteiger partial charge is 0.252 e. The number of hydrogen-bond donors (Lipinski definition) is 0. The van der Waals surface area contributed by atoms with E-state index in [0.29, 0.717) is 23.0 Å². The van der Waals surface area contributed by atoms with E-state index in [1.165, 1.54) is 11.3 Å². The number of carbonyl (C=O) groups excluding carboxylic acids is 1. The molecule has 1 aromatic heterocycles. The van der Waals surface area contributed by atoms with Gasteiger partial charge in [0, 0.05) is 18.7 Å². The van der Waals surface area contributed by atoms with Gasteiger partial charge in [0.05, 0.1) is 30.4 Å². The number of fused-ring (bicyclic) bond motifs is 1. The average Bonchev–Trinajstić information content (AvgIpc) is 2.95. The molecule has 0 unspecified atom stereocenters. The van der Waals surface area contributed by atoms with Crippen molar-refractivity contribution in [3.63, 3.8) is 0 Å². The standard InChI is InChI=1S/C20H21ClN2O3S/c1-13-10-14(4-7-17(13)26-3)11-19(24)22-20-23(8-9-25-2)16-6-5-15(21)12-18(16)27-20/h4-7,10,12H,8-9,11H2,1-3H3. The molecule has 0 bridgehead atoms. The molecule has 27 heavy (non-hydrogen) atoms. The number of thiazole rings is 1. The zero-order chi connectivity index (χ0) is 19.4. The monoisotopic (exact) mass is 404 g/mol. The second-order valence-electron chi connectivity index (χ2n) is 6.13. The molecule has 0 saturated heterocycles. The number of carbonyl (C=O) groups is 1. The van der Waals surface area contributed by atoms with Gasteiger partial charge in [0.25, 0.3) is 5.91 Å². The van der Waals surface area contributed by atoms with Gasteiger partial charge in [0.1, 0.15) is 5.75 Å². The molecule has 0 aliphatic heterocycles. The van der Waals surface area contributed by atoms with Gasteiger partial charge < -0.3 is 14.0 Å². The third-order valence-corrected chi connectivity index (χ3v) is 5.48. The van der Waals surface area contributed by atoms with Gasteiger partial charge in [-0.05, 0) is 42.3 Å². The van der Waals surface area contributed by atoms with E-state index in [1.807, 2.05) is 47.9 Å². The summed E-state index contributed by atoms with van der Waals surface area (Å²) in [6.07, 6.45) is 0.240. The molecule has 0 aliphatic carbocycles. The second-order valence-corrected chi connectivity index (χ2v) is 7.57. The summed E-state index contributed by atoms with van der Waals surface area (Å²) >= 11 is 7.55. The Labute approximate surface area is 166 Å². The van der Waals surface area contributed by atoms with E-state index in [9.17, 15) is 4.79 Å². The minimum absolute atomic E-state index is 0.191. The Hall–Kier alpha value is -2.15. The van der Waals surface area contributed by atoms with Crippen LogP contribution in [0.1, 0.15) is 11.1 Å². The SMILES string of the molecule is COCCn1c(=NC(=O)Cc2ccc(OC)c(C)c2)sc2cc(Cl)ccc21. The van der Waals surface area contributed by atoms with E-state index < -0.39 is 0 Å². The van der Waals surface area contributed by atoms with E-state index in [4.69, 9.17) is 21.1 Å². The van der Waals surface area contributed by atoms with Crippen LogP contribution in [0.15, 0.2) is 41.4 Å². The Morgan fingerprint density at radius 2 is 2.04 bits per heavy atom. The summed E-state index contributed by atoms with van der Waals surface area (Å²) in [5.41, 5.74) is 2.90. The first-order valence-electron chi connectivity index (χ1n) is 8.50. The van der Waals surface area contributed by atoms with Crippen molar-refractivity contribution in [3.05, 3.63) is 57.3 Å². The molecule has 2 aromatic carbocycles. The lowest BCUT2D eigenvalue weighted by Gasteiger charge is -2.06. The number of aromatic nitrogens is 1. The molecular weight excluding hydrogens is 384 g/mol. The fourth-order valence-electron chi connectivity index (χ4n) is 2.90. The Morgan fingerprint density at radius 3 is 2.74 bits per heavy atom. The van der Waals surface area contributed by atoms with E-state index >= 15 is 0 Å². The maximum absolute atomic E-state index is 12.6. The number of amides is 1. The molecule has 0 atom stereocenters. The summed E-state index contributed by atoms with van der Waals surface area (Å²) in [5, 5.41) is 0.661. The highest BCUT2D eigenvalue weighted by molar-refractivity contribution is 7.16. The molecule has 3 rings (SSSR count). The third kappa shape index (κ3) is 4.58. The first kappa shape index (κ1) is 19.6. The number of rotatable bonds is 6. The summed E-state index contributed by atoms with van der Waals surface area (Å²) in [5.74, 6) is 0.616. The molecule has 0 spiro atoms. The van der Waals surface area contributed by atoms with Gasteiger partial charge in [0.2, 0.25) is 0 Å². The molecule has 0 fully saturated rings. The van der Waals surface area contributed by atoms with E-state index in [-0.39, 0.29) is 12.3 Å². The third-order valence-electron chi connectivity index (χ3n) is 4.20. The van der Waals surface area contributed by atoms with Gasteiger partial charge in [-0.2, -0.15) is 4.99 Å². The van der Waals surface area contributed by atoms with E-state index in [0.717, 1.165) is 27.1 Å². The van der Waals surface area contributed by atoms with Crippen molar-refractivity contribution in [3.8, 4) is 5.75 Å². The lowest BCUT2D eigenvalue weighted by Crippen LogP contribution is -2.19. The summed E-state index contributed by atoms with van der Waals surface area (Å²) < 4.78 is 13.5. The van der Waals surface area contributed by atoms with Crippen molar-refractivity contribution in [2.75, 3.05) is 20.8 Å². The minimum Gasteiger partial charge on any atom is -0.496 e. The van der Waals surface area contributed by atoms with Crippen molar-refractivity contribution < 1.29 is 14.3 Å². The summed E-state index contributed by atoms with van der Waals surface area (Å²) in [4.78, 5) is 17.6. The van der Waals surface area contributed by atoms with E-state index in [2.05, 4.69) is 4.99 Å². The largest absolute Gasteiger partial charge is 0.496 e. The topological polar surface area (TPSA) is 52.8 Å². The fraction of sp³-hybridized carbons (Fsp3) is 0.300. The van der Waals surface area contributed by atoms with Gasteiger partial charge in [-0.1, -0.05) is 35.1 Å². The van der Waals surface area contributed by atoms with Gasteiger partial charge in [-0.3, -0.25) is 4.79 Å². The molecular formula is C20H21ClN2O3S. The maximum Gasteiger partial charge on any atom is 0.252 e. The molecule has 1 amide bonds. The molecule has 0 saturated carbocycles. The summed E-state index contributed by atoms with van der Waals surface area (Å²) in [6, 6.07) is 11.4. The summed E-state index contributed by atoms with van der Waals surface area (Å²) in [6.45, 7) is 3.11. The average molecular weight is 405 g/mol. The van der Waals surface area contributed by atoms with Gasteiger partial charge in [0.15, 0.2) is 4.80 Å². The molecule has 0 aliphatic rings. The minimum atomic E-state index is -0.191. The van der Waals surface area contributed by atoms with Crippen LogP contribution in [-0.4, -0.2) is 31.3 Å². The van der Waals surface area contributed by atoms with Crippen molar-refractivity contribution in [1.29, 1.82) is 0 Å². The quantitative estimate of drug-likeness (QED) is 0.624. The zero-order valence-electron chi connectivity index (χ0n) is 15.5. The Bertz CT molecular complexity index is 1040. The number of methoxy groups -OCH3 is 2. The molecule has 7 heteroatoms. The first-order chi connectivity index (χ1) is 13.0. The van der Waals surface area contributed by atoms with Crippen LogP contribution in [-0.2, 0) is 22.5 Å². The summed E-state index contributed by atoms with van der Waals surface area (Å²) in [7, 11) is 3.29. The van der Waals surface area contributed by atoms with Crippen LogP contribution in [0.2, 0.25) is 5.02 Å². The molecule has 3 aromatic rings. The number of nitrogens with zero attached hydrogens (tertiary/aromatic N) is 2. The van der Waals surface area contributed by atoms with Crippen molar-refractivity contribution in [2.24, 2.45) is 4.99 Å². The van der Waals surface area contributed by atoms with Gasteiger partial charge in [-0.25, -0.2) is 0 Å². The Morgan fingerprint density at radius 1 is 1.22 bits per heavy atom. The van der Waals surface area contributed by atoms with Crippen LogP contribution < -0.4 is 9.54 Å². The van der Waals surface area contributed by atoms with Crippen LogP contribution in [0.5, 0.6) is 5.75 Å². The lowest BCUT2D eigenvalue weighted by molar-refractivity contribution is -0.117. The Kier molecular flexibility index (Phi) is 6.31. The lowest BCUT2D eigenvalue weighted by atomic mass is 10.1. The number of aryl methyl sites for hydroxylation is 1. The fourth-order valence-corrected chi connectivity index (χ4v) is 4.25. The number of ether oxygens (including phenoxy) is 2.